The van der Waals surface area contributed by atoms with Crippen molar-refractivity contribution in [1.29, 1.82) is 0 Å². The molecule has 104 valence electrons. The largest absolute Gasteiger partial charge is 0.481 e. The molecule has 0 fully saturated rings. The third-order valence-corrected chi connectivity index (χ3v) is 3.06. The van der Waals surface area contributed by atoms with Crippen LogP contribution in [0.1, 0.15) is 24.9 Å². The highest BCUT2D eigenvalue weighted by Crippen LogP contribution is 2.22. The van der Waals surface area contributed by atoms with Gasteiger partial charge in [0.1, 0.15) is 0 Å². The summed E-state index contributed by atoms with van der Waals surface area (Å²) in [5.41, 5.74) is 0.823. The molecule has 0 bridgehead atoms. The second-order valence-electron chi connectivity index (χ2n) is 4.26. The molecule has 0 unspecified atom stereocenters. The van der Waals surface area contributed by atoms with E-state index < -0.39 is 5.97 Å². The highest BCUT2D eigenvalue weighted by atomic mass is 35.5. The fourth-order valence-corrected chi connectivity index (χ4v) is 1.86. The lowest BCUT2D eigenvalue weighted by molar-refractivity contribution is -0.137. The number of carbonyl (C=O) groups is 2. The molecule has 1 rings (SSSR count). The van der Waals surface area contributed by atoms with Gasteiger partial charge >= 0.3 is 12.0 Å². The number of carboxylic acid groups (broad SMARTS) is 1. The van der Waals surface area contributed by atoms with E-state index in [9.17, 15) is 9.59 Å². The van der Waals surface area contributed by atoms with Crippen LogP contribution in [0.15, 0.2) is 24.3 Å². The quantitative estimate of drug-likeness (QED) is 0.873. The lowest BCUT2D eigenvalue weighted by atomic mass is 10.1. The summed E-state index contributed by atoms with van der Waals surface area (Å²) in [5.74, 6) is -0.932. The van der Waals surface area contributed by atoms with Crippen LogP contribution in [0.4, 0.5) is 4.79 Å². The van der Waals surface area contributed by atoms with Crippen molar-refractivity contribution in [3.63, 3.8) is 0 Å². The number of hydrogen-bond donors (Lipinski definition) is 2. The van der Waals surface area contributed by atoms with Gasteiger partial charge in [0.2, 0.25) is 0 Å². The van der Waals surface area contributed by atoms with Crippen molar-refractivity contribution < 1.29 is 14.7 Å². The Hall–Kier alpha value is -1.75. The van der Waals surface area contributed by atoms with E-state index in [-0.39, 0.29) is 25.0 Å². The van der Waals surface area contributed by atoms with Crippen molar-refractivity contribution in [3.8, 4) is 0 Å². The molecule has 0 aliphatic rings. The number of benzene rings is 1. The molecule has 1 atom stereocenters. The molecule has 0 radical (unpaired) electrons. The predicted octanol–water partition coefficient (Wildman–Crippen LogP) is 2.52. The van der Waals surface area contributed by atoms with Crippen LogP contribution in [0, 0.1) is 0 Å². The second kappa shape index (κ2) is 6.99. The molecule has 5 nitrogen and oxygen atoms in total. The maximum absolute atomic E-state index is 11.8. The van der Waals surface area contributed by atoms with E-state index in [1.165, 1.54) is 4.90 Å². The molecule has 0 saturated carbocycles. The zero-order valence-electron chi connectivity index (χ0n) is 10.9. The summed E-state index contributed by atoms with van der Waals surface area (Å²) in [6, 6.07) is 6.69. The summed E-state index contributed by atoms with van der Waals surface area (Å²) < 4.78 is 0. The number of nitrogens with zero attached hydrogens (tertiary/aromatic N) is 1. The standard InChI is InChI=1S/C13H17ClN2O3/c1-9(10-5-3-4-6-11(10)14)15-13(19)16(2)8-7-12(17)18/h3-6,9H,7-8H2,1-2H3,(H,15,19)(H,17,18)/t9-/m0/s1. The molecule has 0 saturated heterocycles. The Labute approximate surface area is 117 Å². The number of hydrogen-bond acceptors (Lipinski definition) is 2. The molecule has 0 aromatic heterocycles. The van der Waals surface area contributed by atoms with Crippen LogP contribution in [-0.4, -0.2) is 35.6 Å². The van der Waals surface area contributed by atoms with Gasteiger partial charge in [-0.05, 0) is 18.6 Å². The van der Waals surface area contributed by atoms with Crippen LogP contribution in [0.3, 0.4) is 0 Å². The zero-order chi connectivity index (χ0) is 14.4. The number of aliphatic carboxylic acids is 1. The van der Waals surface area contributed by atoms with Crippen LogP contribution in [0.5, 0.6) is 0 Å². The average molecular weight is 285 g/mol. The second-order valence-corrected chi connectivity index (χ2v) is 4.67. The van der Waals surface area contributed by atoms with Crippen LogP contribution in [0.25, 0.3) is 0 Å². The minimum absolute atomic E-state index is 0.0790. The monoisotopic (exact) mass is 284 g/mol. The van der Waals surface area contributed by atoms with Crippen molar-refractivity contribution in [1.82, 2.24) is 10.2 Å². The Morgan fingerprint density at radius 2 is 2.05 bits per heavy atom. The van der Waals surface area contributed by atoms with Crippen LogP contribution >= 0.6 is 11.6 Å². The molecule has 0 spiro atoms. The lowest BCUT2D eigenvalue weighted by Gasteiger charge is -2.21. The molecule has 0 heterocycles. The van der Waals surface area contributed by atoms with Crippen molar-refractivity contribution in [2.45, 2.75) is 19.4 Å². The van der Waals surface area contributed by atoms with E-state index in [4.69, 9.17) is 16.7 Å². The smallest absolute Gasteiger partial charge is 0.317 e. The molecular formula is C13H17ClN2O3. The summed E-state index contributed by atoms with van der Waals surface area (Å²) in [5, 5.41) is 11.9. The molecule has 19 heavy (non-hydrogen) atoms. The number of amides is 2. The fourth-order valence-electron chi connectivity index (χ4n) is 1.56. The normalized spacial score (nSPS) is 11.7. The topological polar surface area (TPSA) is 69.6 Å². The third kappa shape index (κ3) is 4.79. The summed E-state index contributed by atoms with van der Waals surface area (Å²) in [6.07, 6.45) is -0.0790. The predicted molar refractivity (Wildman–Crippen MR) is 73.3 cm³/mol. The van der Waals surface area contributed by atoms with Crippen molar-refractivity contribution in [2.24, 2.45) is 0 Å². The van der Waals surface area contributed by atoms with E-state index in [1.807, 2.05) is 25.1 Å². The minimum atomic E-state index is -0.932. The number of rotatable bonds is 5. The first-order chi connectivity index (χ1) is 8.91. The number of carbonyl (C=O) groups excluding carboxylic acids is 1. The van der Waals surface area contributed by atoms with Gasteiger partial charge in [-0.15, -0.1) is 0 Å². The Balaban J connectivity index is 2.57. The Kier molecular flexibility index (Phi) is 5.63. The first-order valence-electron chi connectivity index (χ1n) is 5.89. The summed E-state index contributed by atoms with van der Waals surface area (Å²) in [7, 11) is 1.55. The highest BCUT2D eigenvalue weighted by molar-refractivity contribution is 6.31. The Morgan fingerprint density at radius 1 is 1.42 bits per heavy atom. The number of halogens is 1. The Morgan fingerprint density at radius 3 is 2.63 bits per heavy atom. The van der Waals surface area contributed by atoms with Crippen molar-refractivity contribution in [3.05, 3.63) is 34.9 Å². The van der Waals surface area contributed by atoms with Crippen LogP contribution in [0.2, 0.25) is 5.02 Å². The number of nitrogens with one attached hydrogen (secondary N) is 1. The molecule has 6 heteroatoms. The maximum atomic E-state index is 11.8. The molecule has 2 amide bonds. The first-order valence-corrected chi connectivity index (χ1v) is 6.27. The van der Waals surface area contributed by atoms with Gasteiger partial charge in [0.25, 0.3) is 0 Å². The molecule has 2 N–H and O–H groups in total. The summed E-state index contributed by atoms with van der Waals surface area (Å²) in [4.78, 5) is 23.6. The van der Waals surface area contributed by atoms with Gasteiger partial charge in [-0.3, -0.25) is 4.79 Å². The molecule has 1 aromatic rings. The van der Waals surface area contributed by atoms with Crippen molar-refractivity contribution in [2.75, 3.05) is 13.6 Å². The molecular weight excluding hydrogens is 268 g/mol. The van der Waals surface area contributed by atoms with E-state index in [1.54, 1.807) is 13.1 Å². The third-order valence-electron chi connectivity index (χ3n) is 2.72. The van der Waals surface area contributed by atoms with Gasteiger partial charge in [-0.25, -0.2) is 4.79 Å². The van der Waals surface area contributed by atoms with Gasteiger partial charge in [0, 0.05) is 18.6 Å². The van der Waals surface area contributed by atoms with E-state index in [0.29, 0.717) is 5.02 Å². The van der Waals surface area contributed by atoms with E-state index in [0.717, 1.165) is 5.56 Å². The fraction of sp³-hybridized carbons (Fsp3) is 0.385. The van der Waals surface area contributed by atoms with Gasteiger partial charge in [0.05, 0.1) is 12.5 Å². The maximum Gasteiger partial charge on any atom is 0.317 e. The van der Waals surface area contributed by atoms with Gasteiger partial charge in [-0.1, -0.05) is 29.8 Å². The SMILES string of the molecule is C[C@H](NC(=O)N(C)CCC(=O)O)c1ccccc1Cl. The van der Waals surface area contributed by atoms with Crippen LogP contribution < -0.4 is 5.32 Å². The van der Waals surface area contributed by atoms with Gasteiger partial charge < -0.3 is 15.3 Å². The van der Waals surface area contributed by atoms with Crippen molar-refractivity contribution >= 4 is 23.6 Å². The molecule has 0 aliphatic carbocycles. The lowest BCUT2D eigenvalue weighted by Crippen LogP contribution is -2.39. The van der Waals surface area contributed by atoms with Gasteiger partial charge in [0.15, 0.2) is 0 Å². The van der Waals surface area contributed by atoms with Crippen LogP contribution in [-0.2, 0) is 4.79 Å². The zero-order valence-corrected chi connectivity index (χ0v) is 11.6. The summed E-state index contributed by atoms with van der Waals surface area (Å²) in [6.45, 7) is 1.99. The van der Waals surface area contributed by atoms with E-state index in [2.05, 4.69) is 5.32 Å². The molecule has 1 aromatic carbocycles. The number of carboxylic acids is 1. The highest BCUT2D eigenvalue weighted by Gasteiger charge is 2.15. The first kappa shape index (κ1) is 15.3. The molecule has 0 aliphatic heterocycles. The average Bonchev–Trinajstić information content (AvgIpc) is 2.36. The summed E-state index contributed by atoms with van der Waals surface area (Å²) >= 11 is 6.04. The minimum Gasteiger partial charge on any atom is -0.481 e. The number of urea groups is 1. The van der Waals surface area contributed by atoms with E-state index >= 15 is 0 Å². The van der Waals surface area contributed by atoms with Gasteiger partial charge in [-0.2, -0.15) is 0 Å². The Bertz CT molecular complexity index is 465.